The summed E-state index contributed by atoms with van der Waals surface area (Å²) < 4.78 is 18.9. The van der Waals surface area contributed by atoms with Crippen molar-refractivity contribution in [2.45, 2.75) is 102 Å². The van der Waals surface area contributed by atoms with Gasteiger partial charge in [-0.15, -0.1) is 11.8 Å². The van der Waals surface area contributed by atoms with E-state index in [2.05, 4.69) is 49.2 Å². The number of fused-ring (bicyclic) bond motifs is 4. The fourth-order valence-electron chi connectivity index (χ4n) is 6.91. The Bertz CT molecular complexity index is 1770. The second-order valence-electron chi connectivity index (χ2n) is 14.5. The van der Waals surface area contributed by atoms with E-state index in [4.69, 9.17) is 31.4 Å². The minimum atomic E-state index is -0.792. The van der Waals surface area contributed by atoms with E-state index in [1.54, 1.807) is 24.8 Å². The second-order valence-corrected chi connectivity index (χ2v) is 18.0. The molecular formula is C42H55N3O5S3. The van der Waals surface area contributed by atoms with Crippen LogP contribution < -0.4 is 19.7 Å². The molecule has 3 aromatic rings. The highest BCUT2D eigenvalue weighted by molar-refractivity contribution is 8.47. The lowest BCUT2D eigenvalue weighted by atomic mass is 9.77. The van der Waals surface area contributed by atoms with Crippen molar-refractivity contribution in [3.05, 3.63) is 60.2 Å². The summed E-state index contributed by atoms with van der Waals surface area (Å²) in [6, 6.07) is 17.8. The molecule has 1 N–H and O–H groups in total. The number of thioether (sulfide) groups is 2. The molecule has 0 aliphatic carbocycles. The lowest BCUT2D eigenvalue weighted by Crippen LogP contribution is -2.61. The third-order valence-electron chi connectivity index (χ3n) is 10.3. The lowest BCUT2D eigenvalue weighted by Gasteiger charge is -2.45. The predicted molar refractivity (Wildman–Crippen MR) is 227 cm³/mol. The fourth-order valence-corrected chi connectivity index (χ4v) is 9.76. The first-order chi connectivity index (χ1) is 25.5. The average Bonchev–Trinajstić information content (AvgIpc) is 3.32. The molecule has 6 rings (SSSR count). The fraction of sp³-hybridized carbons (Fsp3) is 0.524. The summed E-state index contributed by atoms with van der Waals surface area (Å²) >= 11 is 8.45. The number of carbonyl (C=O) groups excluding carboxylic acids is 2. The molecule has 11 heteroatoms. The zero-order chi connectivity index (χ0) is 38.0. The van der Waals surface area contributed by atoms with Gasteiger partial charge in [0.05, 0.1) is 24.2 Å². The Labute approximate surface area is 329 Å². The molecule has 286 valence electrons. The number of ether oxygens (including phenoxy) is 3. The number of piperidine rings is 1. The number of carbonyl (C=O) groups is 2. The highest BCUT2D eigenvalue weighted by atomic mass is 32.2. The summed E-state index contributed by atoms with van der Waals surface area (Å²) in [7, 11) is 2.04. The van der Waals surface area contributed by atoms with Crippen LogP contribution in [0.2, 0.25) is 0 Å². The number of para-hydroxylation sites is 1. The molecule has 3 heterocycles. The third-order valence-corrected chi connectivity index (χ3v) is 13.1. The number of rotatable bonds is 12. The van der Waals surface area contributed by atoms with Gasteiger partial charge in [0.15, 0.2) is 0 Å². The van der Waals surface area contributed by atoms with Gasteiger partial charge in [0.25, 0.3) is 0 Å². The number of hydrogen-bond acceptors (Lipinski definition) is 11. The molecule has 0 amide bonds. The molecule has 53 heavy (non-hydrogen) atoms. The molecule has 0 saturated carbocycles. The molecule has 1 saturated heterocycles. The summed E-state index contributed by atoms with van der Waals surface area (Å²) in [5.74, 6) is 0.660. The average molecular weight is 778 g/mol. The summed E-state index contributed by atoms with van der Waals surface area (Å²) in [5, 5.41) is 4.48. The van der Waals surface area contributed by atoms with Crippen molar-refractivity contribution in [3.8, 4) is 11.5 Å². The molecule has 1 fully saturated rings. The Morgan fingerprint density at radius 1 is 1.02 bits per heavy atom. The molecule has 0 radical (unpaired) electrons. The van der Waals surface area contributed by atoms with Crippen LogP contribution in [0, 0.1) is 5.92 Å². The van der Waals surface area contributed by atoms with Crippen molar-refractivity contribution < 1.29 is 23.8 Å². The molecule has 3 aliphatic heterocycles. The molecule has 0 aromatic heterocycles. The van der Waals surface area contributed by atoms with Gasteiger partial charge >= 0.3 is 11.9 Å². The summed E-state index contributed by atoms with van der Waals surface area (Å²) in [4.78, 5) is 33.5. The molecule has 3 aromatic carbocycles. The van der Waals surface area contributed by atoms with E-state index in [9.17, 15) is 9.59 Å². The summed E-state index contributed by atoms with van der Waals surface area (Å²) in [6.45, 7) is 13.2. The first kappa shape index (κ1) is 41.1. The first-order valence-electron chi connectivity index (χ1n) is 19.1. The monoisotopic (exact) mass is 777 g/mol. The number of anilines is 1. The number of thiocarbonyl (C=S) groups is 1. The SMILES string of the molecule is C1CCNCC1.CCCCOC(=O)C(CC(C)C(=O)Oc1ccc2ccc3c(c2c1)N=CC1(O3)N(C)c2ccccc2C1(C)C)SC(=S)SCCCC. The Morgan fingerprint density at radius 2 is 1.75 bits per heavy atom. The van der Waals surface area contributed by atoms with Crippen LogP contribution >= 0.6 is 35.7 Å². The molecule has 3 atom stereocenters. The Morgan fingerprint density at radius 3 is 2.43 bits per heavy atom. The maximum absolute atomic E-state index is 13.4. The highest BCUT2D eigenvalue weighted by Crippen LogP contribution is 2.54. The van der Waals surface area contributed by atoms with Gasteiger partial charge in [0.2, 0.25) is 5.72 Å². The number of esters is 2. The van der Waals surface area contributed by atoms with Gasteiger partial charge in [0.1, 0.15) is 26.0 Å². The molecule has 0 bridgehead atoms. The third kappa shape index (κ3) is 9.58. The lowest BCUT2D eigenvalue weighted by molar-refractivity contribution is -0.144. The molecular weight excluding hydrogens is 723 g/mol. The maximum atomic E-state index is 13.4. The quantitative estimate of drug-likeness (QED) is 0.0830. The number of aliphatic imine (C=N–C) groups is 1. The van der Waals surface area contributed by atoms with E-state index < -0.39 is 22.9 Å². The van der Waals surface area contributed by atoms with Gasteiger partial charge in [-0.05, 0) is 100 Å². The van der Waals surface area contributed by atoms with Crippen LogP contribution in [0.15, 0.2) is 59.6 Å². The van der Waals surface area contributed by atoms with E-state index in [0.29, 0.717) is 27.3 Å². The van der Waals surface area contributed by atoms with Crippen molar-refractivity contribution in [1.29, 1.82) is 0 Å². The van der Waals surface area contributed by atoms with Crippen molar-refractivity contribution in [2.24, 2.45) is 10.9 Å². The number of nitrogens with zero attached hydrogens (tertiary/aromatic N) is 2. The van der Waals surface area contributed by atoms with Crippen LogP contribution in [0.3, 0.4) is 0 Å². The zero-order valence-corrected chi connectivity index (χ0v) is 34.5. The smallest absolute Gasteiger partial charge is 0.319 e. The van der Waals surface area contributed by atoms with Gasteiger partial charge in [-0.3, -0.25) is 14.6 Å². The maximum Gasteiger partial charge on any atom is 0.319 e. The van der Waals surface area contributed by atoms with E-state index in [1.807, 2.05) is 50.5 Å². The van der Waals surface area contributed by atoms with Crippen molar-refractivity contribution in [2.75, 3.05) is 37.4 Å². The molecule has 3 aliphatic rings. The van der Waals surface area contributed by atoms with Gasteiger partial charge < -0.3 is 24.4 Å². The normalized spacial score (nSPS) is 19.3. The number of likely N-dealkylation sites (N-methyl/N-ethyl adjacent to an activating group) is 1. The van der Waals surface area contributed by atoms with Gasteiger partial charge in [-0.1, -0.05) is 94.3 Å². The summed E-state index contributed by atoms with van der Waals surface area (Å²) in [5.41, 5.74) is 1.86. The van der Waals surface area contributed by atoms with Crippen LogP contribution in [0.25, 0.3) is 10.8 Å². The van der Waals surface area contributed by atoms with Crippen molar-refractivity contribution >= 4 is 79.6 Å². The van der Waals surface area contributed by atoms with Gasteiger partial charge in [0, 0.05) is 18.1 Å². The molecule has 3 unspecified atom stereocenters. The molecule has 8 nitrogen and oxygen atoms in total. The standard InChI is InChI=1S/C37H44N2O5S3.C5H11N/c1-7-9-19-42-34(41)31(47-35(45)46-20-10-8-2)21-24(3)33(40)43-26-17-15-25-16-18-30-32(27(25)22-26)38-23-37(44-30)36(4,5)28-13-11-12-14-29(28)39(37)6;1-2-4-6-5-3-1/h11-18,22-24,31H,7-10,19-21H2,1-6H3;6H,1-5H2. The largest absolute Gasteiger partial charge is 0.465 e. The minimum absolute atomic E-state index is 0.262. The van der Waals surface area contributed by atoms with Crippen LogP contribution in [0.5, 0.6) is 11.5 Å². The molecule has 1 spiro atoms. The minimum Gasteiger partial charge on any atom is -0.465 e. The topological polar surface area (TPSA) is 89.5 Å². The summed E-state index contributed by atoms with van der Waals surface area (Å²) in [6.07, 6.45) is 10.2. The van der Waals surface area contributed by atoms with E-state index in [-0.39, 0.29) is 17.8 Å². The van der Waals surface area contributed by atoms with Crippen LogP contribution in [0.1, 0.15) is 91.5 Å². The van der Waals surface area contributed by atoms with Crippen LogP contribution in [-0.2, 0) is 19.7 Å². The van der Waals surface area contributed by atoms with Crippen LogP contribution in [0.4, 0.5) is 11.4 Å². The Balaban J connectivity index is 0.000000820. The Hall–Kier alpha value is -3.12. The number of benzene rings is 3. The first-order valence-corrected chi connectivity index (χ1v) is 21.4. The zero-order valence-electron chi connectivity index (χ0n) is 32.1. The Kier molecular flexibility index (Phi) is 14.7. The van der Waals surface area contributed by atoms with Gasteiger partial charge in [-0.25, -0.2) is 0 Å². The van der Waals surface area contributed by atoms with Crippen LogP contribution in [-0.4, -0.2) is 65.2 Å². The van der Waals surface area contributed by atoms with Crippen molar-refractivity contribution in [3.63, 3.8) is 0 Å². The number of nitrogens with one attached hydrogen (secondary N) is 1. The predicted octanol–water partition coefficient (Wildman–Crippen LogP) is 10.0. The van der Waals surface area contributed by atoms with Crippen molar-refractivity contribution in [1.82, 2.24) is 5.32 Å². The van der Waals surface area contributed by atoms with E-state index in [0.717, 1.165) is 47.9 Å². The van der Waals surface area contributed by atoms with E-state index in [1.165, 1.54) is 49.7 Å². The number of unbranched alkanes of at least 4 members (excludes halogenated alkanes) is 2. The van der Waals surface area contributed by atoms with E-state index >= 15 is 0 Å². The van der Waals surface area contributed by atoms with Gasteiger partial charge in [-0.2, -0.15) is 0 Å². The number of hydrogen-bond donors (Lipinski definition) is 1. The second kappa shape index (κ2) is 19.0. The highest BCUT2D eigenvalue weighted by Gasteiger charge is 2.58.